The summed E-state index contributed by atoms with van der Waals surface area (Å²) in [6.45, 7) is 9.57. The van der Waals surface area contributed by atoms with Crippen LogP contribution in [0.25, 0.3) is 33.4 Å². The molecule has 0 bridgehead atoms. The lowest BCUT2D eigenvalue weighted by molar-refractivity contribution is -0.139. The minimum atomic E-state index is -0.995. The Morgan fingerprint density at radius 1 is 0.660 bits per heavy atom. The molecule has 6 rings (SSSR count). The van der Waals surface area contributed by atoms with Crippen LogP contribution < -0.4 is 0 Å². The van der Waals surface area contributed by atoms with Gasteiger partial charge in [0.25, 0.3) is 0 Å². The van der Waals surface area contributed by atoms with Crippen molar-refractivity contribution < 1.29 is 24.9 Å². The number of rotatable bonds is 11. The predicted octanol–water partition coefficient (Wildman–Crippen LogP) is 7.50. The van der Waals surface area contributed by atoms with Gasteiger partial charge in [-0.15, -0.1) is 0 Å². The molecule has 0 spiro atoms. The second kappa shape index (κ2) is 15.4. The number of Topliss-reactive ketones (excluding diaryl/α,β-unsaturated/α-hetero) is 1. The quantitative estimate of drug-likeness (QED) is 0.148. The van der Waals surface area contributed by atoms with Gasteiger partial charge in [0.05, 0.1) is 28.7 Å². The fourth-order valence-corrected chi connectivity index (χ4v) is 8.51. The first-order valence-electron chi connectivity index (χ1n) is 17.2. The van der Waals surface area contributed by atoms with Crippen molar-refractivity contribution in [2.24, 2.45) is 0 Å². The lowest BCUT2D eigenvalue weighted by Crippen LogP contribution is -2.37. The number of fused-ring (bicyclic) bond motifs is 2. The second-order valence-electron chi connectivity index (χ2n) is 13.9. The molecule has 0 radical (unpaired) electrons. The third kappa shape index (κ3) is 7.69. The van der Waals surface area contributed by atoms with Crippen molar-refractivity contribution >= 4 is 35.0 Å². The highest BCUT2D eigenvalue weighted by Gasteiger charge is 2.25. The minimum absolute atomic E-state index is 0.000405. The molecule has 2 aliphatic heterocycles. The average Bonchev–Trinajstić information content (AvgIpc) is 3.05. The van der Waals surface area contributed by atoms with Gasteiger partial charge in [0.1, 0.15) is 5.78 Å². The van der Waals surface area contributed by atoms with E-state index in [1.54, 1.807) is 0 Å². The number of β-amino-alcohol motifs (C(OH)–C–C–N with tert-alkyl or cyclic N) is 2. The molecule has 0 aliphatic carbocycles. The summed E-state index contributed by atoms with van der Waals surface area (Å²) in [7, 11) is 0. The zero-order valence-corrected chi connectivity index (χ0v) is 30.3. The summed E-state index contributed by atoms with van der Waals surface area (Å²) in [6.07, 6.45) is 0.0425. The Kier molecular flexibility index (Phi) is 11.1. The molecule has 2 aliphatic rings. The molecule has 0 fully saturated rings. The predicted molar refractivity (Wildman–Crippen MR) is 200 cm³/mol. The van der Waals surface area contributed by atoms with E-state index in [1.807, 2.05) is 30.3 Å². The van der Waals surface area contributed by atoms with E-state index in [0.29, 0.717) is 29.7 Å². The van der Waals surface area contributed by atoms with Crippen LogP contribution in [0.2, 0.25) is 10.0 Å². The van der Waals surface area contributed by atoms with Crippen LogP contribution >= 0.6 is 23.2 Å². The summed E-state index contributed by atoms with van der Waals surface area (Å²) >= 11 is 14.5. The first-order valence-corrected chi connectivity index (χ1v) is 18.0. The molecule has 9 heteroatoms. The van der Waals surface area contributed by atoms with E-state index in [0.717, 1.165) is 65.9 Å². The highest BCUT2D eigenvalue weighted by atomic mass is 35.5. The number of benzene rings is 4. The van der Waals surface area contributed by atoms with Gasteiger partial charge in [-0.1, -0.05) is 83.9 Å². The molecule has 0 aromatic heterocycles. The Morgan fingerprint density at radius 3 is 1.46 bits per heavy atom. The van der Waals surface area contributed by atoms with Crippen LogP contribution in [0.5, 0.6) is 0 Å². The highest BCUT2D eigenvalue weighted by molar-refractivity contribution is 6.39. The zero-order valence-electron chi connectivity index (χ0n) is 28.8. The van der Waals surface area contributed by atoms with E-state index in [1.165, 1.54) is 40.3 Å². The van der Waals surface area contributed by atoms with Gasteiger partial charge in [0, 0.05) is 67.9 Å². The number of ketones is 1. The molecule has 0 saturated heterocycles. The Balaban J connectivity index is 1.26. The number of carbonyl (C=O) groups is 2. The van der Waals surface area contributed by atoms with Crippen LogP contribution in [-0.2, 0) is 35.5 Å². The molecule has 262 valence electrons. The molecule has 3 N–H and O–H groups in total. The van der Waals surface area contributed by atoms with Crippen LogP contribution in [-0.4, -0.2) is 75.3 Å². The summed E-state index contributed by atoms with van der Waals surface area (Å²) in [5, 5.41) is 30.8. The van der Waals surface area contributed by atoms with Crippen molar-refractivity contribution in [3.05, 3.63) is 104 Å². The van der Waals surface area contributed by atoms with Crippen LogP contribution in [0.3, 0.4) is 0 Å². The van der Waals surface area contributed by atoms with Gasteiger partial charge < -0.3 is 15.3 Å². The summed E-state index contributed by atoms with van der Waals surface area (Å²) in [5.41, 5.74) is 13.1. The largest absolute Gasteiger partial charge is 0.481 e. The number of hydrogen-bond acceptors (Lipinski definition) is 6. The number of halogens is 2. The molecule has 50 heavy (non-hydrogen) atoms. The molecule has 0 saturated carbocycles. The first kappa shape index (κ1) is 36.2. The molecule has 2 heterocycles. The summed E-state index contributed by atoms with van der Waals surface area (Å²) in [4.78, 5) is 26.8. The number of carbonyl (C=O) groups excluding carboxylic acids is 1. The van der Waals surface area contributed by atoms with Crippen molar-refractivity contribution in [1.82, 2.24) is 9.80 Å². The second-order valence-corrected chi connectivity index (χ2v) is 14.6. The van der Waals surface area contributed by atoms with Gasteiger partial charge in [-0.3, -0.25) is 19.4 Å². The third-order valence-electron chi connectivity index (χ3n) is 10.3. The molecule has 7 nitrogen and oxygen atoms in total. The minimum Gasteiger partial charge on any atom is -0.481 e. The van der Waals surface area contributed by atoms with E-state index in [9.17, 15) is 19.8 Å². The van der Waals surface area contributed by atoms with Crippen molar-refractivity contribution in [1.29, 1.82) is 0 Å². The summed E-state index contributed by atoms with van der Waals surface area (Å²) in [6, 6.07) is 20.7. The monoisotopic (exact) mass is 714 g/mol. The van der Waals surface area contributed by atoms with Crippen molar-refractivity contribution in [3.8, 4) is 33.4 Å². The van der Waals surface area contributed by atoms with Gasteiger partial charge in [-0.25, -0.2) is 0 Å². The van der Waals surface area contributed by atoms with E-state index in [2.05, 4.69) is 54.0 Å². The maximum absolute atomic E-state index is 11.5. The van der Waals surface area contributed by atoms with E-state index in [-0.39, 0.29) is 18.6 Å². The lowest BCUT2D eigenvalue weighted by atomic mass is 9.87. The van der Waals surface area contributed by atoms with E-state index in [4.69, 9.17) is 28.3 Å². The van der Waals surface area contributed by atoms with Gasteiger partial charge in [0.2, 0.25) is 0 Å². The number of carboxylic acids is 1. The Bertz CT molecular complexity index is 1800. The molecule has 2 atom stereocenters. The van der Waals surface area contributed by atoms with Gasteiger partial charge in [0.15, 0.2) is 0 Å². The Labute approximate surface area is 304 Å². The van der Waals surface area contributed by atoms with Crippen molar-refractivity contribution in [3.63, 3.8) is 0 Å². The Hall–Kier alpha value is -3.56. The Morgan fingerprint density at radius 2 is 1.06 bits per heavy atom. The van der Waals surface area contributed by atoms with E-state index >= 15 is 0 Å². The standard InChI is InChI=1S/C41H44Cl2N2O5/c1-24(46)18-29(47)22-44-16-14-31-25(2)33(12-10-27(31)20-44)35-6-4-8-37(40(35)42)38-9-5-7-36(41(38)43)34-13-11-28-21-45(17-15-32(28)26(34)3)23-30(48)19-39(49)50/h4-13,29-30,47-48H,14-23H2,1-3H3,(H,49,50). The van der Waals surface area contributed by atoms with Crippen LogP contribution in [0.4, 0.5) is 0 Å². The maximum atomic E-state index is 11.5. The topological polar surface area (TPSA) is 101 Å². The van der Waals surface area contributed by atoms with Crippen LogP contribution in [0.1, 0.15) is 53.1 Å². The van der Waals surface area contributed by atoms with Crippen LogP contribution in [0, 0.1) is 13.8 Å². The van der Waals surface area contributed by atoms with Gasteiger partial charge >= 0.3 is 5.97 Å². The summed E-state index contributed by atoms with van der Waals surface area (Å²) < 4.78 is 0. The average molecular weight is 716 g/mol. The normalized spacial score (nSPS) is 16.1. The molecule has 4 aromatic rings. The molecule has 4 aromatic carbocycles. The van der Waals surface area contributed by atoms with Crippen molar-refractivity contribution in [2.45, 2.75) is 71.8 Å². The lowest BCUT2D eigenvalue weighted by Gasteiger charge is -2.32. The number of nitrogens with zero attached hydrogens (tertiary/aromatic N) is 2. The summed E-state index contributed by atoms with van der Waals surface area (Å²) in [5.74, 6) is -0.995. The smallest absolute Gasteiger partial charge is 0.306 e. The highest BCUT2D eigenvalue weighted by Crippen LogP contribution is 2.44. The fourth-order valence-electron chi connectivity index (χ4n) is 7.85. The zero-order chi connectivity index (χ0) is 35.7. The first-order chi connectivity index (χ1) is 23.9. The number of aliphatic hydroxyl groups excluding tert-OH is 2. The maximum Gasteiger partial charge on any atom is 0.306 e. The van der Waals surface area contributed by atoms with Gasteiger partial charge in [-0.2, -0.15) is 0 Å². The molecular weight excluding hydrogens is 671 g/mol. The van der Waals surface area contributed by atoms with Crippen molar-refractivity contribution in [2.75, 3.05) is 26.2 Å². The molecular formula is C41H44Cl2N2O5. The van der Waals surface area contributed by atoms with Crippen LogP contribution in [0.15, 0.2) is 60.7 Å². The number of hydrogen-bond donors (Lipinski definition) is 3. The SMILES string of the molecule is CC(=O)CC(O)CN1CCc2c(ccc(-c3cccc(-c4cccc(-c5ccc6c(c5C)CCN(CC(O)CC(=O)O)C6)c4Cl)c3Cl)c2C)C1. The van der Waals surface area contributed by atoms with Gasteiger partial charge in [-0.05, 0) is 78.1 Å². The number of aliphatic hydroxyl groups is 2. The number of carboxylic acid groups (broad SMARTS) is 1. The molecule has 2 unspecified atom stereocenters. The fraction of sp³-hybridized carbons (Fsp3) is 0.366. The third-order valence-corrected chi connectivity index (χ3v) is 11.1. The van der Waals surface area contributed by atoms with E-state index < -0.39 is 18.2 Å². The number of aliphatic carboxylic acids is 1. The molecule has 0 amide bonds.